The molecule has 2 aliphatic heterocycles. The Kier molecular flexibility index (Phi) is 5.22. The zero-order valence-corrected chi connectivity index (χ0v) is 19.8. The first-order valence-electron chi connectivity index (χ1n) is 12.0. The predicted octanol–water partition coefficient (Wildman–Crippen LogP) is 2.11. The summed E-state index contributed by atoms with van der Waals surface area (Å²) in [7, 11) is 0. The number of alkyl halides is 2. The van der Waals surface area contributed by atoms with Crippen molar-refractivity contribution >= 4 is 22.8 Å². The predicted molar refractivity (Wildman–Crippen MR) is 126 cm³/mol. The Morgan fingerprint density at radius 3 is 2.78 bits per heavy atom. The molecule has 0 bridgehead atoms. The van der Waals surface area contributed by atoms with E-state index < -0.39 is 42.1 Å². The molecule has 0 saturated heterocycles. The number of cyclic esters (lactones) is 1. The Morgan fingerprint density at radius 2 is 2.08 bits per heavy atom. The van der Waals surface area contributed by atoms with Crippen molar-refractivity contribution < 1.29 is 33.3 Å². The summed E-state index contributed by atoms with van der Waals surface area (Å²) in [5.74, 6) is -1.44. The van der Waals surface area contributed by atoms with Gasteiger partial charge in [-0.25, -0.2) is 18.6 Å². The molecule has 4 heterocycles. The summed E-state index contributed by atoms with van der Waals surface area (Å²) in [5, 5.41) is 23.7. The van der Waals surface area contributed by atoms with E-state index in [1.807, 2.05) is 0 Å². The number of halogens is 2. The SMILES string of the molecule is CC[C@@]1(O)C(=O)OCc2c1cc1n(c2=O)Cc2c-1nc1ccc(C(F)F)c3c1c2[C@@H](NC(=O)CO)CC3. The molecule has 9 nitrogen and oxygen atoms in total. The first-order valence-corrected chi connectivity index (χ1v) is 12.0. The largest absolute Gasteiger partial charge is 0.458 e. The summed E-state index contributed by atoms with van der Waals surface area (Å²) in [6.07, 6.45) is -2.08. The molecule has 1 aliphatic carbocycles. The number of carbonyl (C=O) groups is 2. The molecular formula is C26H23F2N3O6. The molecule has 6 rings (SSSR count). The average molecular weight is 511 g/mol. The average Bonchev–Trinajstić information content (AvgIpc) is 3.26. The number of aryl methyl sites for hydroxylation is 1. The number of aliphatic hydroxyl groups excluding tert-OH is 1. The van der Waals surface area contributed by atoms with Crippen LogP contribution < -0.4 is 10.9 Å². The highest BCUT2D eigenvalue weighted by Crippen LogP contribution is 2.46. The maximum absolute atomic E-state index is 13.9. The lowest BCUT2D eigenvalue weighted by molar-refractivity contribution is -0.172. The van der Waals surface area contributed by atoms with Crippen LogP contribution in [0.3, 0.4) is 0 Å². The second-order valence-electron chi connectivity index (χ2n) is 9.60. The lowest BCUT2D eigenvalue weighted by atomic mass is 9.81. The molecule has 0 saturated carbocycles. The van der Waals surface area contributed by atoms with Crippen molar-refractivity contribution in [3.63, 3.8) is 0 Å². The Balaban J connectivity index is 1.65. The molecule has 3 aromatic rings. The molecule has 3 aliphatic rings. The number of nitrogens with zero attached hydrogens (tertiary/aromatic N) is 2. The Labute approximate surface area is 208 Å². The third kappa shape index (κ3) is 3.20. The normalized spacial score (nSPS) is 21.5. The quantitative estimate of drug-likeness (QED) is 0.358. The molecule has 0 spiro atoms. The van der Waals surface area contributed by atoms with Crippen LogP contribution in [0.15, 0.2) is 23.0 Å². The van der Waals surface area contributed by atoms with E-state index in [0.717, 1.165) is 0 Å². The lowest BCUT2D eigenvalue weighted by Crippen LogP contribution is -2.44. The maximum Gasteiger partial charge on any atom is 0.343 e. The van der Waals surface area contributed by atoms with Crippen molar-refractivity contribution in [2.24, 2.45) is 0 Å². The molecule has 11 heteroatoms. The Bertz CT molecular complexity index is 1580. The van der Waals surface area contributed by atoms with E-state index in [2.05, 4.69) is 5.32 Å². The minimum Gasteiger partial charge on any atom is -0.458 e. The number of fused-ring (bicyclic) bond motifs is 5. The summed E-state index contributed by atoms with van der Waals surface area (Å²) >= 11 is 0. The van der Waals surface area contributed by atoms with Gasteiger partial charge in [0.25, 0.3) is 12.0 Å². The van der Waals surface area contributed by atoms with Crippen LogP contribution in [0.2, 0.25) is 0 Å². The van der Waals surface area contributed by atoms with Crippen LogP contribution in [0.5, 0.6) is 0 Å². The van der Waals surface area contributed by atoms with E-state index in [1.54, 1.807) is 13.0 Å². The second-order valence-corrected chi connectivity index (χ2v) is 9.60. The highest BCUT2D eigenvalue weighted by atomic mass is 19.3. The number of hydrogen-bond donors (Lipinski definition) is 3. The second kappa shape index (κ2) is 8.15. The zero-order chi connectivity index (χ0) is 26.2. The molecule has 2 aromatic heterocycles. The van der Waals surface area contributed by atoms with E-state index >= 15 is 0 Å². The number of ether oxygens (including phenoxy) is 1. The summed E-state index contributed by atoms with van der Waals surface area (Å²) in [4.78, 5) is 42.9. The molecule has 0 unspecified atom stereocenters. The lowest BCUT2D eigenvalue weighted by Gasteiger charge is -2.31. The molecule has 3 N–H and O–H groups in total. The number of hydrogen-bond acceptors (Lipinski definition) is 7. The number of pyridine rings is 2. The summed E-state index contributed by atoms with van der Waals surface area (Å²) in [5.41, 5.74) is 0.683. The van der Waals surface area contributed by atoms with Gasteiger partial charge in [0.2, 0.25) is 5.91 Å². The summed E-state index contributed by atoms with van der Waals surface area (Å²) in [6.45, 7) is 0.678. The highest BCUT2D eigenvalue weighted by Gasteiger charge is 2.46. The first-order chi connectivity index (χ1) is 17.7. The number of aliphatic hydroxyl groups is 2. The number of amides is 1. The van der Waals surface area contributed by atoms with Crippen molar-refractivity contribution in [1.82, 2.24) is 14.9 Å². The molecule has 0 fully saturated rings. The fourth-order valence-electron chi connectivity index (χ4n) is 5.97. The van der Waals surface area contributed by atoms with Crippen molar-refractivity contribution in [2.45, 2.75) is 57.4 Å². The number of aromatic nitrogens is 2. The fraction of sp³-hybridized carbons (Fsp3) is 0.385. The first kappa shape index (κ1) is 23.7. The van der Waals surface area contributed by atoms with E-state index in [-0.39, 0.29) is 42.7 Å². The Morgan fingerprint density at radius 1 is 1.30 bits per heavy atom. The van der Waals surface area contributed by atoms with Gasteiger partial charge in [-0.05, 0) is 42.5 Å². The fourth-order valence-corrected chi connectivity index (χ4v) is 5.97. The van der Waals surface area contributed by atoms with Crippen LogP contribution in [-0.2, 0) is 39.5 Å². The van der Waals surface area contributed by atoms with Crippen molar-refractivity contribution in [3.8, 4) is 11.4 Å². The van der Waals surface area contributed by atoms with E-state index in [0.29, 0.717) is 45.4 Å². The van der Waals surface area contributed by atoms with Crippen molar-refractivity contribution in [3.05, 3.63) is 61.9 Å². The van der Waals surface area contributed by atoms with Crippen molar-refractivity contribution in [2.75, 3.05) is 6.61 Å². The summed E-state index contributed by atoms with van der Waals surface area (Å²) in [6, 6.07) is 3.84. The molecule has 192 valence electrons. The Hall–Kier alpha value is -3.70. The van der Waals surface area contributed by atoms with Crippen LogP contribution in [0.1, 0.15) is 65.6 Å². The standard InChI is InChI=1S/C26H23F2N3O6/c1-2-26(36)15-7-18-22-13(8-31(18)24(34)14(15)10-37-25(26)35)21-16(29-19(33)9-32)5-3-11-12(23(27)28)4-6-17(30-22)20(11)21/h4,6-7,16,23,32,36H,2-3,5,8-10H2,1H3,(H,29,33)/t16-,26-/m0/s1. The smallest absolute Gasteiger partial charge is 0.343 e. The van der Waals surface area contributed by atoms with Gasteiger partial charge in [0, 0.05) is 22.1 Å². The van der Waals surface area contributed by atoms with Crippen LogP contribution in [-0.4, -0.2) is 38.2 Å². The van der Waals surface area contributed by atoms with Gasteiger partial charge in [0.1, 0.15) is 13.2 Å². The van der Waals surface area contributed by atoms with Gasteiger partial charge in [0.05, 0.1) is 35.1 Å². The number of rotatable bonds is 4. The summed E-state index contributed by atoms with van der Waals surface area (Å²) < 4.78 is 34.3. The van der Waals surface area contributed by atoms with Gasteiger partial charge < -0.3 is 24.8 Å². The van der Waals surface area contributed by atoms with Gasteiger partial charge in [-0.1, -0.05) is 13.0 Å². The molecule has 0 radical (unpaired) electrons. The van der Waals surface area contributed by atoms with E-state index in [4.69, 9.17) is 9.72 Å². The van der Waals surface area contributed by atoms with Crippen molar-refractivity contribution in [1.29, 1.82) is 0 Å². The van der Waals surface area contributed by atoms with Crippen LogP contribution in [0, 0.1) is 0 Å². The van der Waals surface area contributed by atoms with Gasteiger partial charge in [0.15, 0.2) is 5.60 Å². The van der Waals surface area contributed by atoms with Gasteiger partial charge in [-0.15, -0.1) is 0 Å². The number of carbonyl (C=O) groups excluding carboxylic acids is 2. The minimum atomic E-state index is -2.69. The monoisotopic (exact) mass is 511 g/mol. The molecular weight excluding hydrogens is 488 g/mol. The molecule has 1 amide bonds. The van der Waals surface area contributed by atoms with Crippen LogP contribution in [0.25, 0.3) is 22.3 Å². The van der Waals surface area contributed by atoms with E-state index in [9.17, 15) is 33.4 Å². The number of benzene rings is 1. The molecule has 2 atom stereocenters. The number of esters is 1. The third-order valence-electron chi connectivity index (χ3n) is 7.79. The van der Waals surface area contributed by atoms with E-state index in [1.165, 1.54) is 16.7 Å². The third-order valence-corrected chi connectivity index (χ3v) is 7.79. The molecule has 37 heavy (non-hydrogen) atoms. The maximum atomic E-state index is 13.9. The van der Waals surface area contributed by atoms with Gasteiger partial charge >= 0.3 is 5.97 Å². The van der Waals surface area contributed by atoms with Crippen LogP contribution >= 0.6 is 0 Å². The van der Waals surface area contributed by atoms with Gasteiger partial charge in [-0.2, -0.15) is 0 Å². The molecule has 1 aromatic carbocycles. The zero-order valence-electron chi connectivity index (χ0n) is 19.8. The highest BCUT2D eigenvalue weighted by molar-refractivity contribution is 5.94. The topological polar surface area (TPSA) is 131 Å². The number of nitrogens with one attached hydrogen (secondary N) is 1. The van der Waals surface area contributed by atoms with Gasteiger partial charge in [-0.3, -0.25) is 9.59 Å². The van der Waals surface area contributed by atoms with Crippen LogP contribution in [0.4, 0.5) is 8.78 Å². The minimum absolute atomic E-state index is 0.0000131.